The maximum Gasteiger partial charge on any atom is 0.135 e. The monoisotopic (exact) mass is 512 g/mol. The molecule has 0 bridgehead atoms. The second kappa shape index (κ2) is 5.96. The van der Waals surface area contributed by atoms with E-state index in [1.165, 1.54) is 19.2 Å². The summed E-state index contributed by atoms with van der Waals surface area (Å²) in [6, 6.07) is 8.46. The molecule has 0 fully saturated rings. The second-order valence-electron chi connectivity index (χ2n) is 5.02. The lowest BCUT2D eigenvalue weighted by molar-refractivity contribution is 1.49. The number of benzene rings is 1. The first kappa shape index (κ1) is 15.6. The molecule has 0 N–H and O–H groups in total. The van der Waals surface area contributed by atoms with E-state index in [-0.39, 0.29) is 0 Å². The van der Waals surface area contributed by atoms with Gasteiger partial charge < -0.3 is 0 Å². The zero-order chi connectivity index (χ0) is 16.3. The molecule has 1 aromatic carbocycles. The number of halogens is 2. The summed E-state index contributed by atoms with van der Waals surface area (Å²) in [6.07, 6.45) is 0. The molecule has 4 aromatic heterocycles. The van der Waals surface area contributed by atoms with Crippen LogP contribution in [0.4, 0.5) is 0 Å². The molecular formula is C16H6Br2N2S4. The van der Waals surface area contributed by atoms with E-state index < -0.39 is 0 Å². The number of hydrogen-bond acceptors (Lipinski definition) is 6. The lowest BCUT2D eigenvalue weighted by Crippen LogP contribution is -1.72. The minimum Gasteiger partial charge on any atom is -0.235 e. The summed E-state index contributed by atoms with van der Waals surface area (Å²) < 4.78 is 4.58. The van der Waals surface area contributed by atoms with Crippen molar-refractivity contribution in [2.45, 2.75) is 0 Å². The Kier molecular flexibility index (Phi) is 3.88. The van der Waals surface area contributed by atoms with Gasteiger partial charge in [-0.1, -0.05) is 0 Å². The van der Waals surface area contributed by atoms with Crippen molar-refractivity contribution < 1.29 is 0 Å². The number of hydrogen-bond donors (Lipinski definition) is 0. The van der Waals surface area contributed by atoms with Crippen LogP contribution in [0.5, 0.6) is 0 Å². The van der Waals surface area contributed by atoms with Crippen molar-refractivity contribution in [3.63, 3.8) is 0 Å². The maximum atomic E-state index is 4.83. The fourth-order valence-electron chi connectivity index (χ4n) is 2.44. The molecule has 0 unspecified atom stereocenters. The predicted molar refractivity (Wildman–Crippen MR) is 115 cm³/mol. The molecule has 0 aliphatic heterocycles. The molecular weight excluding hydrogens is 508 g/mol. The third kappa shape index (κ3) is 2.51. The molecule has 0 aliphatic carbocycles. The van der Waals surface area contributed by atoms with E-state index in [1.54, 1.807) is 45.3 Å². The van der Waals surface area contributed by atoms with Gasteiger partial charge in [0, 0.05) is 8.95 Å². The van der Waals surface area contributed by atoms with E-state index in [4.69, 9.17) is 9.97 Å². The molecule has 0 amide bonds. The summed E-state index contributed by atoms with van der Waals surface area (Å²) in [7, 11) is 0. The van der Waals surface area contributed by atoms with Crippen molar-refractivity contribution in [2.24, 2.45) is 0 Å². The smallest absolute Gasteiger partial charge is 0.135 e. The van der Waals surface area contributed by atoms with Gasteiger partial charge in [-0.3, -0.25) is 0 Å². The van der Waals surface area contributed by atoms with E-state index >= 15 is 0 Å². The number of fused-ring (bicyclic) bond motifs is 2. The molecule has 4 heterocycles. The van der Waals surface area contributed by atoms with Crippen LogP contribution in [-0.2, 0) is 0 Å². The maximum absolute atomic E-state index is 4.83. The first-order chi connectivity index (χ1) is 11.7. The molecule has 5 rings (SSSR count). The molecule has 0 radical (unpaired) electrons. The highest BCUT2D eigenvalue weighted by Crippen LogP contribution is 2.42. The molecule has 0 saturated carbocycles. The minimum absolute atomic E-state index is 1.04. The minimum atomic E-state index is 1.04. The number of thiophene rings is 2. The van der Waals surface area contributed by atoms with Crippen LogP contribution in [0, 0.1) is 0 Å². The zero-order valence-corrected chi connectivity index (χ0v) is 18.2. The van der Waals surface area contributed by atoms with Crippen molar-refractivity contribution in [1.82, 2.24) is 9.97 Å². The molecule has 2 nitrogen and oxygen atoms in total. The predicted octanol–water partition coefficient (Wildman–Crippen LogP) is 7.89. The Balaban J connectivity index is 1.68. The third-order valence-electron chi connectivity index (χ3n) is 3.52. The highest BCUT2D eigenvalue weighted by molar-refractivity contribution is 9.11. The quantitative estimate of drug-likeness (QED) is 0.240. The first-order valence-electron chi connectivity index (χ1n) is 6.87. The fourth-order valence-corrected chi connectivity index (χ4v) is 7.99. The third-order valence-corrected chi connectivity index (χ3v) is 9.54. The van der Waals surface area contributed by atoms with Crippen LogP contribution in [0.25, 0.3) is 40.2 Å². The lowest BCUT2D eigenvalue weighted by atomic mass is 10.3. The van der Waals surface area contributed by atoms with Gasteiger partial charge in [-0.2, -0.15) is 0 Å². The van der Waals surface area contributed by atoms with Crippen LogP contribution in [0.15, 0.2) is 44.0 Å². The van der Waals surface area contributed by atoms with Gasteiger partial charge in [-0.15, -0.1) is 45.3 Å². The molecule has 8 heteroatoms. The van der Waals surface area contributed by atoms with E-state index in [9.17, 15) is 0 Å². The largest absolute Gasteiger partial charge is 0.235 e. The molecule has 0 aliphatic rings. The van der Waals surface area contributed by atoms with Gasteiger partial charge in [0.05, 0.1) is 30.2 Å². The summed E-state index contributed by atoms with van der Waals surface area (Å²) in [5.41, 5.74) is 2.09. The van der Waals surface area contributed by atoms with Crippen LogP contribution >= 0.6 is 77.2 Å². The van der Waals surface area contributed by atoms with Gasteiger partial charge in [0.2, 0.25) is 0 Å². The average Bonchev–Trinajstić information content (AvgIpc) is 3.29. The Morgan fingerprint density at radius 2 is 1.17 bits per heavy atom. The number of thiazole rings is 2. The Labute approximate surface area is 170 Å². The van der Waals surface area contributed by atoms with E-state index in [0.717, 1.165) is 30.0 Å². The highest BCUT2D eigenvalue weighted by atomic mass is 79.9. The second-order valence-corrected chi connectivity index (χ2v) is 10.6. The molecule has 0 saturated heterocycles. The molecule has 24 heavy (non-hydrogen) atoms. The van der Waals surface area contributed by atoms with Crippen LogP contribution in [0.1, 0.15) is 0 Å². The highest BCUT2D eigenvalue weighted by Gasteiger charge is 2.15. The van der Waals surface area contributed by atoms with Crippen LogP contribution in [0.2, 0.25) is 0 Å². The lowest BCUT2D eigenvalue weighted by Gasteiger charge is -1.89. The fraction of sp³-hybridized carbons (Fsp3) is 0. The number of aromatic nitrogens is 2. The number of rotatable bonds is 2. The van der Waals surface area contributed by atoms with Gasteiger partial charge in [0.15, 0.2) is 0 Å². The first-order valence-corrected chi connectivity index (χ1v) is 11.8. The van der Waals surface area contributed by atoms with Gasteiger partial charge in [-0.05, 0) is 66.9 Å². The van der Waals surface area contributed by atoms with Crippen LogP contribution in [-0.4, -0.2) is 9.97 Å². The van der Waals surface area contributed by atoms with Gasteiger partial charge >= 0.3 is 0 Å². The summed E-state index contributed by atoms with van der Waals surface area (Å²) in [5, 5.41) is 6.28. The Morgan fingerprint density at radius 1 is 0.708 bits per heavy atom. The zero-order valence-electron chi connectivity index (χ0n) is 11.7. The molecule has 118 valence electrons. The van der Waals surface area contributed by atoms with Gasteiger partial charge in [0.25, 0.3) is 0 Å². The van der Waals surface area contributed by atoms with E-state index in [1.807, 2.05) is 0 Å². The van der Waals surface area contributed by atoms with Gasteiger partial charge in [0.1, 0.15) is 10.0 Å². The molecule has 0 atom stereocenters. The van der Waals surface area contributed by atoms with Crippen molar-refractivity contribution in [3.8, 4) is 19.8 Å². The van der Waals surface area contributed by atoms with E-state index in [0.29, 0.717) is 0 Å². The Morgan fingerprint density at radius 3 is 1.54 bits per heavy atom. The number of nitrogens with zero attached hydrogens (tertiary/aromatic N) is 2. The van der Waals surface area contributed by atoms with E-state index in [2.05, 4.69) is 66.9 Å². The van der Waals surface area contributed by atoms with Crippen LogP contribution in [0.3, 0.4) is 0 Å². The molecule has 0 spiro atoms. The van der Waals surface area contributed by atoms with Gasteiger partial charge in [-0.25, -0.2) is 9.97 Å². The summed E-state index contributed by atoms with van der Waals surface area (Å²) in [6.45, 7) is 0. The normalized spacial score (nSPS) is 11.8. The summed E-state index contributed by atoms with van der Waals surface area (Å²) in [4.78, 5) is 12.0. The molecule has 5 aromatic rings. The average molecular weight is 514 g/mol. The van der Waals surface area contributed by atoms with Crippen molar-refractivity contribution in [2.75, 3.05) is 0 Å². The Bertz CT molecular complexity index is 1060. The summed E-state index contributed by atoms with van der Waals surface area (Å²) >= 11 is 14.1. The van der Waals surface area contributed by atoms with Crippen LogP contribution < -0.4 is 0 Å². The van der Waals surface area contributed by atoms with Crippen molar-refractivity contribution >= 4 is 97.6 Å². The topological polar surface area (TPSA) is 25.8 Å². The van der Waals surface area contributed by atoms with Crippen molar-refractivity contribution in [1.29, 1.82) is 0 Å². The standard InChI is InChI=1S/C16H6Br2N2S4/c17-7-1-3-21-13(7)15-19-9-5-12-10(6-11(9)23-15)20-16(24-12)14-8(18)2-4-22-14/h1-6H. The van der Waals surface area contributed by atoms with Crippen molar-refractivity contribution in [3.05, 3.63) is 44.0 Å². The Hall–Kier alpha value is -0.640. The SMILES string of the molecule is Brc1ccsc1-c1nc2cc3sc(-c4sccc4Br)nc3cc2s1. The summed E-state index contributed by atoms with van der Waals surface area (Å²) in [5.74, 6) is 0.